The van der Waals surface area contributed by atoms with E-state index in [4.69, 9.17) is 16.3 Å². The molecular formula is C19H25ClN2O5S2. The molecule has 0 radical (unpaired) electrons. The molecule has 0 bridgehead atoms. The molecule has 0 heterocycles. The summed E-state index contributed by atoms with van der Waals surface area (Å²) in [5.41, 5.74) is 0.798. The molecule has 0 saturated carbocycles. The van der Waals surface area contributed by atoms with Crippen molar-refractivity contribution in [1.29, 1.82) is 0 Å². The molecule has 0 aliphatic carbocycles. The monoisotopic (exact) mass is 460 g/mol. The Kier molecular flexibility index (Phi) is 8.07. The standard InChI is InChI=1S/C19H25ClN2O5S2/c1-4-27-18-10-7-16(20)13-19(18)29(25,26)21-12-11-15-5-8-17(9-6-15)28(23,24)22-14(2)3/h5-10,13-14,21-22H,4,11-12H2,1-3H3. The minimum Gasteiger partial charge on any atom is -0.492 e. The van der Waals surface area contributed by atoms with Gasteiger partial charge in [-0.3, -0.25) is 0 Å². The third-order valence-corrected chi connectivity index (χ3v) is 7.22. The number of hydrogen-bond acceptors (Lipinski definition) is 5. The normalized spacial score (nSPS) is 12.3. The number of sulfonamides is 2. The molecule has 0 atom stereocenters. The molecule has 0 aromatic heterocycles. The molecule has 7 nitrogen and oxygen atoms in total. The highest BCUT2D eigenvalue weighted by Crippen LogP contribution is 2.27. The van der Waals surface area contributed by atoms with E-state index in [1.807, 2.05) is 0 Å². The van der Waals surface area contributed by atoms with E-state index in [0.29, 0.717) is 18.1 Å². The van der Waals surface area contributed by atoms with Crippen molar-refractivity contribution in [2.45, 2.75) is 43.0 Å². The Morgan fingerprint density at radius 1 is 1.00 bits per heavy atom. The Morgan fingerprint density at radius 3 is 2.24 bits per heavy atom. The zero-order valence-corrected chi connectivity index (χ0v) is 18.9. The molecule has 0 saturated heterocycles. The van der Waals surface area contributed by atoms with Gasteiger partial charge in [-0.15, -0.1) is 0 Å². The van der Waals surface area contributed by atoms with Gasteiger partial charge in [-0.05, 0) is 63.1 Å². The number of halogens is 1. The summed E-state index contributed by atoms with van der Waals surface area (Å²) >= 11 is 5.93. The van der Waals surface area contributed by atoms with Crippen LogP contribution in [0.15, 0.2) is 52.3 Å². The van der Waals surface area contributed by atoms with E-state index in [-0.39, 0.29) is 28.1 Å². The molecule has 0 fully saturated rings. The Morgan fingerprint density at radius 2 is 1.66 bits per heavy atom. The molecule has 0 spiro atoms. The fraction of sp³-hybridized carbons (Fsp3) is 0.368. The van der Waals surface area contributed by atoms with Crippen LogP contribution in [0.2, 0.25) is 5.02 Å². The lowest BCUT2D eigenvalue weighted by Crippen LogP contribution is -2.30. The quantitative estimate of drug-likeness (QED) is 0.567. The van der Waals surface area contributed by atoms with Crippen molar-refractivity contribution < 1.29 is 21.6 Å². The van der Waals surface area contributed by atoms with Gasteiger partial charge in [-0.25, -0.2) is 26.3 Å². The van der Waals surface area contributed by atoms with Gasteiger partial charge in [-0.1, -0.05) is 23.7 Å². The average Bonchev–Trinajstić information content (AvgIpc) is 2.62. The largest absolute Gasteiger partial charge is 0.492 e. The first-order valence-electron chi connectivity index (χ1n) is 9.08. The number of ether oxygens (including phenoxy) is 1. The number of nitrogens with one attached hydrogen (secondary N) is 2. The van der Waals surface area contributed by atoms with Crippen LogP contribution in [0.4, 0.5) is 0 Å². The summed E-state index contributed by atoms with van der Waals surface area (Å²) in [6, 6.07) is 10.5. The lowest BCUT2D eigenvalue weighted by atomic mass is 10.2. The maximum absolute atomic E-state index is 12.6. The zero-order valence-electron chi connectivity index (χ0n) is 16.5. The van der Waals surface area contributed by atoms with Gasteiger partial charge < -0.3 is 4.74 Å². The smallest absolute Gasteiger partial charge is 0.244 e. The van der Waals surface area contributed by atoms with Crippen LogP contribution in [0.3, 0.4) is 0 Å². The Labute approximate surface area is 177 Å². The molecule has 29 heavy (non-hydrogen) atoms. The maximum Gasteiger partial charge on any atom is 0.244 e. The Balaban J connectivity index is 2.05. The SMILES string of the molecule is CCOc1ccc(Cl)cc1S(=O)(=O)NCCc1ccc(S(=O)(=O)NC(C)C)cc1. The topological polar surface area (TPSA) is 102 Å². The molecule has 160 valence electrons. The first-order chi connectivity index (χ1) is 13.5. The van der Waals surface area contributed by atoms with Crippen LogP contribution in [-0.2, 0) is 26.5 Å². The third kappa shape index (κ3) is 6.68. The minimum atomic E-state index is -3.82. The van der Waals surface area contributed by atoms with Crippen LogP contribution in [-0.4, -0.2) is 36.0 Å². The van der Waals surface area contributed by atoms with E-state index >= 15 is 0 Å². The van der Waals surface area contributed by atoms with Gasteiger partial charge >= 0.3 is 0 Å². The van der Waals surface area contributed by atoms with E-state index in [0.717, 1.165) is 5.56 Å². The summed E-state index contributed by atoms with van der Waals surface area (Å²) in [5.74, 6) is 0.233. The molecule has 10 heteroatoms. The Hall–Kier alpha value is -1.65. The highest BCUT2D eigenvalue weighted by Gasteiger charge is 2.20. The van der Waals surface area contributed by atoms with Crippen molar-refractivity contribution >= 4 is 31.6 Å². The number of benzene rings is 2. The highest BCUT2D eigenvalue weighted by molar-refractivity contribution is 7.89. The lowest BCUT2D eigenvalue weighted by Gasteiger charge is -2.12. The van der Waals surface area contributed by atoms with Crippen molar-refractivity contribution in [2.24, 2.45) is 0 Å². The predicted octanol–water partition coefficient (Wildman–Crippen LogP) is 2.95. The zero-order chi connectivity index (χ0) is 21.7. The summed E-state index contributed by atoms with van der Waals surface area (Å²) in [4.78, 5) is 0.142. The second-order valence-corrected chi connectivity index (χ2v) is 10.5. The predicted molar refractivity (Wildman–Crippen MR) is 113 cm³/mol. The number of rotatable bonds is 10. The summed E-state index contributed by atoms with van der Waals surface area (Å²) in [6.07, 6.45) is 0.391. The van der Waals surface area contributed by atoms with Crippen LogP contribution < -0.4 is 14.2 Å². The fourth-order valence-corrected chi connectivity index (χ4v) is 5.28. The van der Waals surface area contributed by atoms with E-state index in [1.54, 1.807) is 39.0 Å². The molecule has 2 rings (SSSR count). The summed E-state index contributed by atoms with van der Waals surface area (Å²) < 4.78 is 59.9. The highest BCUT2D eigenvalue weighted by atomic mass is 35.5. The van der Waals surface area contributed by atoms with Crippen molar-refractivity contribution in [3.8, 4) is 5.75 Å². The van der Waals surface area contributed by atoms with Gasteiger partial charge in [-0.2, -0.15) is 0 Å². The fourth-order valence-electron chi connectivity index (χ4n) is 2.59. The molecule has 0 amide bonds. The van der Waals surface area contributed by atoms with Crippen LogP contribution in [0.25, 0.3) is 0 Å². The second-order valence-electron chi connectivity index (χ2n) is 6.59. The molecule has 0 unspecified atom stereocenters. The van der Waals surface area contributed by atoms with Crippen molar-refractivity contribution in [2.75, 3.05) is 13.2 Å². The molecular weight excluding hydrogens is 436 g/mol. The summed E-state index contributed by atoms with van der Waals surface area (Å²) in [6.45, 7) is 5.71. The molecule has 0 aliphatic rings. The van der Waals surface area contributed by atoms with Gasteiger partial charge in [0.05, 0.1) is 11.5 Å². The Bertz CT molecular complexity index is 1040. The first-order valence-corrected chi connectivity index (χ1v) is 12.4. The van der Waals surface area contributed by atoms with Crippen molar-refractivity contribution in [3.63, 3.8) is 0 Å². The van der Waals surface area contributed by atoms with Gasteiger partial charge in [0.1, 0.15) is 10.6 Å². The summed E-state index contributed by atoms with van der Waals surface area (Å²) in [7, 11) is -7.37. The maximum atomic E-state index is 12.6. The molecule has 0 aliphatic heterocycles. The van der Waals surface area contributed by atoms with Crippen LogP contribution in [0, 0.1) is 0 Å². The molecule has 2 aromatic carbocycles. The van der Waals surface area contributed by atoms with Gasteiger partial charge in [0.15, 0.2) is 0 Å². The van der Waals surface area contributed by atoms with Gasteiger partial charge in [0.25, 0.3) is 0 Å². The minimum absolute atomic E-state index is 0.0203. The van der Waals surface area contributed by atoms with Crippen LogP contribution in [0.5, 0.6) is 5.75 Å². The lowest BCUT2D eigenvalue weighted by molar-refractivity contribution is 0.331. The van der Waals surface area contributed by atoms with Gasteiger partial charge in [0.2, 0.25) is 20.0 Å². The van der Waals surface area contributed by atoms with Crippen LogP contribution >= 0.6 is 11.6 Å². The third-order valence-electron chi connectivity index (χ3n) is 3.83. The van der Waals surface area contributed by atoms with E-state index in [1.165, 1.54) is 24.3 Å². The van der Waals surface area contributed by atoms with Crippen LogP contribution in [0.1, 0.15) is 26.3 Å². The molecule has 2 N–H and O–H groups in total. The van der Waals surface area contributed by atoms with E-state index in [9.17, 15) is 16.8 Å². The number of hydrogen-bond donors (Lipinski definition) is 2. The average molecular weight is 461 g/mol. The molecule has 2 aromatic rings. The van der Waals surface area contributed by atoms with Gasteiger partial charge in [0, 0.05) is 17.6 Å². The van der Waals surface area contributed by atoms with E-state index in [2.05, 4.69) is 9.44 Å². The summed E-state index contributed by atoms with van der Waals surface area (Å²) in [5, 5.41) is 0.292. The second kappa shape index (κ2) is 9.90. The van der Waals surface area contributed by atoms with Crippen molar-refractivity contribution in [3.05, 3.63) is 53.1 Å². The van der Waals surface area contributed by atoms with E-state index < -0.39 is 20.0 Å². The first kappa shape index (κ1) is 23.6. The van der Waals surface area contributed by atoms with Crippen molar-refractivity contribution in [1.82, 2.24) is 9.44 Å².